The minimum Gasteiger partial charge on any atom is -0.456 e. The van der Waals surface area contributed by atoms with Crippen LogP contribution in [0, 0.1) is 13.8 Å². The molecule has 0 bridgehead atoms. The highest BCUT2D eigenvalue weighted by atomic mass is 16.3. The fourth-order valence-electron chi connectivity index (χ4n) is 9.75. The van der Waals surface area contributed by atoms with Crippen molar-refractivity contribution in [3.63, 3.8) is 0 Å². The number of benzene rings is 9. The number of hydrogen-bond acceptors (Lipinski definition) is 2. The third kappa shape index (κ3) is 5.30. The van der Waals surface area contributed by atoms with E-state index >= 15 is 0 Å². The largest absolute Gasteiger partial charge is 0.456 e. The molecule has 0 unspecified atom stereocenters. The van der Waals surface area contributed by atoms with Crippen LogP contribution in [0.5, 0.6) is 0 Å². The van der Waals surface area contributed by atoms with Gasteiger partial charge in [0.15, 0.2) is 7.28 Å². The van der Waals surface area contributed by atoms with Crippen LogP contribution in [-0.4, -0.2) is 11.8 Å². The predicted octanol–water partition coefficient (Wildman–Crippen LogP) is 13.0. The minimum absolute atomic E-state index is 0.0397. The molecule has 4 heteroatoms. The molecule has 0 amide bonds. The van der Waals surface area contributed by atoms with E-state index in [1.165, 1.54) is 82.6 Å². The first-order valence-electron chi connectivity index (χ1n) is 20.5. The van der Waals surface area contributed by atoms with Gasteiger partial charge in [0, 0.05) is 61.4 Å². The Morgan fingerprint density at radius 1 is 0.525 bits per heavy atom. The summed E-state index contributed by atoms with van der Waals surface area (Å²) in [5.74, 6) is -0.0397. The van der Waals surface area contributed by atoms with Crippen molar-refractivity contribution in [2.75, 3.05) is 5.32 Å². The molecule has 9 aromatic carbocycles. The summed E-state index contributed by atoms with van der Waals surface area (Å²) >= 11 is 0. The molecule has 0 saturated heterocycles. The zero-order valence-corrected chi connectivity index (χ0v) is 32.8. The lowest BCUT2D eigenvalue weighted by Gasteiger charge is -2.27. The number of hydrogen-bond donors (Lipinski definition) is 1. The van der Waals surface area contributed by atoms with Crippen molar-refractivity contribution in [1.29, 1.82) is 0 Å². The maximum Gasteiger partial charge on any atom is 0.197 e. The average molecular weight is 754 g/mol. The van der Waals surface area contributed by atoms with Crippen LogP contribution in [0.25, 0.3) is 71.3 Å². The molecule has 11 aromatic rings. The molecule has 0 atom stereocenters. The molecule has 1 radical (unpaired) electrons. The molecule has 277 valence electrons. The molecule has 3 heterocycles. The smallest absolute Gasteiger partial charge is 0.197 e. The van der Waals surface area contributed by atoms with E-state index in [2.05, 4.69) is 207 Å². The first-order valence-corrected chi connectivity index (χ1v) is 20.5. The SMILES string of the molecule is Cc1ccc(Nc2cc3oc4ccccc4c3cc2-c2cc(C(c3ccccc3)c3ccccc3)c3c4ccc5ccccc5c4n4c3c2[B]c2cc(C)ccc2-4)cc1. The summed E-state index contributed by atoms with van der Waals surface area (Å²) in [6, 6.07) is 66.6. The maximum absolute atomic E-state index is 6.56. The van der Waals surface area contributed by atoms with Crippen LogP contribution in [0.1, 0.15) is 33.7 Å². The molecular formula is C55H38BN2O. The van der Waals surface area contributed by atoms with Crippen molar-refractivity contribution in [3.8, 4) is 16.8 Å². The Morgan fingerprint density at radius 2 is 1.22 bits per heavy atom. The van der Waals surface area contributed by atoms with E-state index in [1.54, 1.807) is 0 Å². The van der Waals surface area contributed by atoms with Crippen LogP contribution in [-0.2, 0) is 0 Å². The summed E-state index contributed by atoms with van der Waals surface area (Å²) in [4.78, 5) is 0. The summed E-state index contributed by atoms with van der Waals surface area (Å²) in [5, 5.41) is 11.1. The second-order valence-corrected chi connectivity index (χ2v) is 16.1. The van der Waals surface area contributed by atoms with Crippen LogP contribution >= 0.6 is 0 Å². The van der Waals surface area contributed by atoms with Crippen molar-refractivity contribution in [3.05, 3.63) is 210 Å². The number of aryl methyl sites for hydroxylation is 2. The van der Waals surface area contributed by atoms with E-state index in [0.29, 0.717) is 0 Å². The fourth-order valence-corrected chi connectivity index (χ4v) is 9.75. The number of nitrogens with one attached hydrogen (secondary N) is 1. The lowest BCUT2D eigenvalue weighted by molar-refractivity contribution is 0.669. The van der Waals surface area contributed by atoms with E-state index in [9.17, 15) is 0 Å². The van der Waals surface area contributed by atoms with Gasteiger partial charge in [0.05, 0.1) is 11.2 Å². The molecule has 3 nitrogen and oxygen atoms in total. The lowest BCUT2D eigenvalue weighted by atomic mass is 9.58. The van der Waals surface area contributed by atoms with Crippen molar-refractivity contribution < 1.29 is 4.42 Å². The molecule has 1 aliphatic rings. The van der Waals surface area contributed by atoms with Gasteiger partial charge in [-0.15, -0.1) is 0 Å². The second kappa shape index (κ2) is 13.1. The molecule has 0 fully saturated rings. The van der Waals surface area contributed by atoms with Gasteiger partial charge in [-0.25, -0.2) is 0 Å². The number of nitrogens with zero attached hydrogens (tertiary/aromatic N) is 1. The number of furan rings is 1. The van der Waals surface area contributed by atoms with Crippen LogP contribution in [0.4, 0.5) is 11.4 Å². The summed E-state index contributed by atoms with van der Waals surface area (Å²) in [7, 11) is 2.44. The van der Waals surface area contributed by atoms with Gasteiger partial charge in [-0.3, -0.25) is 0 Å². The summed E-state index contributed by atoms with van der Waals surface area (Å²) in [6.07, 6.45) is 0. The topological polar surface area (TPSA) is 30.1 Å². The van der Waals surface area contributed by atoms with E-state index in [0.717, 1.165) is 38.9 Å². The maximum atomic E-state index is 6.56. The molecule has 12 rings (SSSR count). The van der Waals surface area contributed by atoms with Crippen molar-refractivity contribution >= 4 is 84.1 Å². The van der Waals surface area contributed by atoms with Gasteiger partial charge in [-0.2, -0.15) is 0 Å². The average Bonchev–Trinajstić information content (AvgIpc) is 3.82. The summed E-state index contributed by atoms with van der Waals surface area (Å²) in [6.45, 7) is 4.32. The zero-order valence-electron chi connectivity index (χ0n) is 32.8. The van der Waals surface area contributed by atoms with Crippen molar-refractivity contribution in [2.45, 2.75) is 19.8 Å². The minimum atomic E-state index is -0.0397. The zero-order chi connectivity index (χ0) is 39.2. The molecule has 1 aliphatic heterocycles. The number of rotatable bonds is 6. The first-order chi connectivity index (χ1) is 29.1. The van der Waals surface area contributed by atoms with Gasteiger partial charge in [0.25, 0.3) is 0 Å². The molecule has 2 aromatic heterocycles. The van der Waals surface area contributed by atoms with Crippen molar-refractivity contribution in [1.82, 2.24) is 4.57 Å². The highest BCUT2D eigenvalue weighted by Crippen LogP contribution is 2.47. The molecule has 59 heavy (non-hydrogen) atoms. The van der Waals surface area contributed by atoms with Gasteiger partial charge < -0.3 is 14.3 Å². The van der Waals surface area contributed by atoms with Gasteiger partial charge in [0.1, 0.15) is 11.2 Å². The molecule has 0 saturated carbocycles. The van der Waals surface area contributed by atoms with Gasteiger partial charge >= 0.3 is 0 Å². The fraction of sp³-hybridized carbons (Fsp3) is 0.0545. The number of para-hydroxylation sites is 1. The molecular weight excluding hydrogens is 715 g/mol. The number of anilines is 2. The van der Waals surface area contributed by atoms with Crippen LogP contribution < -0.4 is 16.2 Å². The molecule has 0 aliphatic carbocycles. The Labute approximate surface area is 343 Å². The summed E-state index contributed by atoms with van der Waals surface area (Å²) < 4.78 is 9.14. The predicted molar refractivity (Wildman–Crippen MR) is 249 cm³/mol. The Hall–Kier alpha value is -7.30. The Kier molecular flexibility index (Phi) is 7.52. The first kappa shape index (κ1) is 33.8. The number of aromatic nitrogens is 1. The quantitative estimate of drug-likeness (QED) is 0.135. The van der Waals surface area contributed by atoms with Crippen LogP contribution in [0.15, 0.2) is 186 Å². The van der Waals surface area contributed by atoms with E-state index in [1.807, 2.05) is 6.07 Å². The third-order valence-corrected chi connectivity index (χ3v) is 12.4. The third-order valence-electron chi connectivity index (χ3n) is 12.4. The number of fused-ring (bicyclic) bond motifs is 10. The molecule has 1 N–H and O–H groups in total. The summed E-state index contributed by atoms with van der Waals surface area (Å²) in [5.41, 5.74) is 18.4. The van der Waals surface area contributed by atoms with Crippen LogP contribution in [0.3, 0.4) is 0 Å². The highest BCUT2D eigenvalue weighted by molar-refractivity contribution is 6.73. The van der Waals surface area contributed by atoms with E-state index < -0.39 is 0 Å². The lowest BCUT2D eigenvalue weighted by Crippen LogP contribution is -2.37. The van der Waals surface area contributed by atoms with Gasteiger partial charge in [-0.1, -0.05) is 156 Å². The van der Waals surface area contributed by atoms with Crippen molar-refractivity contribution in [2.24, 2.45) is 0 Å². The molecule has 0 spiro atoms. The normalized spacial score (nSPS) is 12.2. The van der Waals surface area contributed by atoms with Crippen LogP contribution in [0.2, 0.25) is 0 Å². The van der Waals surface area contributed by atoms with E-state index in [4.69, 9.17) is 4.42 Å². The Morgan fingerprint density at radius 3 is 2.00 bits per heavy atom. The monoisotopic (exact) mass is 753 g/mol. The second-order valence-electron chi connectivity index (χ2n) is 16.1. The standard InChI is InChI=1S/C55H38BN2O/c1-33-21-25-38(26-22-33)57-47-32-50-43(40-19-11-12-20-49(40)59-50)30-42(47)44-31-45(51(36-14-5-3-6-15-36)37-16-7-4-8-17-37)52-41-27-24-35-13-9-10-18-39(35)54(41)58-48-28-23-34(2)29-46(48)56-53(44)55(52)58/h3-32,51,57H,1-2H3. The Balaban J connectivity index is 1.28. The van der Waals surface area contributed by atoms with Gasteiger partial charge in [-0.05, 0) is 83.3 Å². The highest BCUT2D eigenvalue weighted by Gasteiger charge is 2.32. The van der Waals surface area contributed by atoms with Gasteiger partial charge in [0.2, 0.25) is 0 Å². The Bertz CT molecular complexity index is 3410. The van der Waals surface area contributed by atoms with E-state index in [-0.39, 0.29) is 5.92 Å².